The molecule has 1 amide bonds. The maximum absolute atomic E-state index is 12.0. The lowest BCUT2D eigenvalue weighted by atomic mass is 9.64. The molecule has 1 atom stereocenters. The minimum absolute atomic E-state index is 0.133. The lowest BCUT2D eigenvalue weighted by molar-refractivity contribution is 0.0101. The quantitative estimate of drug-likeness (QED) is 0.710. The molecule has 1 aliphatic carbocycles. The first kappa shape index (κ1) is 19.8. The molecule has 162 valence electrons. The Balaban J connectivity index is 1.15. The fraction of sp³-hybridized carbons (Fsp3) is 0.696. The number of hydrogen-bond acceptors (Lipinski definition) is 6. The molecule has 1 saturated carbocycles. The predicted octanol–water partition coefficient (Wildman–Crippen LogP) is 3.09. The number of hydrogen-bond donors (Lipinski definition) is 0. The summed E-state index contributed by atoms with van der Waals surface area (Å²) in [5.74, 6) is 0.872. The Kier molecular flexibility index (Phi) is 5.39. The van der Waals surface area contributed by atoms with E-state index in [1.807, 2.05) is 30.3 Å². The molecular weight excluding hydrogens is 378 g/mol. The maximum Gasteiger partial charge on any atom is 0.409 e. The van der Waals surface area contributed by atoms with Gasteiger partial charge in [-0.05, 0) is 62.5 Å². The Hall–Kier alpha value is -2.15. The average Bonchev–Trinajstić information content (AvgIpc) is 3.42. The number of carbonyl (C=O) groups excluding carboxylic acids is 1. The zero-order valence-electron chi connectivity index (χ0n) is 18.0. The van der Waals surface area contributed by atoms with E-state index in [0.717, 1.165) is 51.5 Å². The molecule has 4 aliphatic rings. The van der Waals surface area contributed by atoms with Crippen molar-refractivity contribution >= 4 is 12.0 Å². The van der Waals surface area contributed by atoms with Gasteiger partial charge < -0.3 is 14.5 Å². The van der Waals surface area contributed by atoms with Crippen LogP contribution in [0.3, 0.4) is 0 Å². The van der Waals surface area contributed by atoms with Crippen LogP contribution in [-0.2, 0) is 4.74 Å². The van der Waals surface area contributed by atoms with E-state index in [4.69, 9.17) is 4.74 Å². The van der Waals surface area contributed by atoms with Gasteiger partial charge in [0.25, 0.3) is 0 Å². The van der Waals surface area contributed by atoms with Crippen molar-refractivity contribution in [3.05, 3.63) is 30.1 Å². The summed E-state index contributed by atoms with van der Waals surface area (Å²) < 4.78 is 5.19. The van der Waals surface area contributed by atoms with Crippen LogP contribution in [0.5, 0.6) is 0 Å². The van der Waals surface area contributed by atoms with Crippen LogP contribution in [0.4, 0.5) is 10.7 Å². The minimum Gasteiger partial charge on any atom is -0.450 e. The van der Waals surface area contributed by atoms with Crippen LogP contribution in [0, 0.1) is 5.41 Å². The SMILES string of the molecule is CCOC(=O)N1CCC2(CC(N3CC=C([C@@H]4CCCN4c4ncccn4)CC3)C2)C1. The smallest absolute Gasteiger partial charge is 0.409 e. The third-order valence-corrected chi connectivity index (χ3v) is 7.58. The Labute approximate surface area is 179 Å². The summed E-state index contributed by atoms with van der Waals surface area (Å²) in [6.45, 7) is 7.32. The standard InChI is InChI=1S/C23H33N5O2/c1-2-30-22(29)27-14-8-23(17-27)15-19(16-23)26-12-6-18(7-13-26)20-5-3-11-28(20)21-24-9-4-10-25-21/h4,6,9-10,19-20H,2-3,5,7-8,11-17H2,1H3/t19?,20-,23?/m0/s1. The van der Waals surface area contributed by atoms with Gasteiger partial charge in [-0.1, -0.05) is 6.08 Å². The van der Waals surface area contributed by atoms with Crippen molar-refractivity contribution in [2.45, 2.75) is 57.5 Å². The monoisotopic (exact) mass is 411 g/mol. The van der Waals surface area contributed by atoms with Gasteiger partial charge in [-0.2, -0.15) is 0 Å². The molecular formula is C23H33N5O2. The summed E-state index contributed by atoms with van der Waals surface area (Å²) in [6, 6.07) is 3.02. The second kappa shape index (κ2) is 8.17. The van der Waals surface area contributed by atoms with Crippen molar-refractivity contribution < 1.29 is 9.53 Å². The third kappa shape index (κ3) is 3.68. The molecule has 0 aromatic carbocycles. The summed E-state index contributed by atoms with van der Waals surface area (Å²) in [5.41, 5.74) is 1.91. The molecule has 3 aliphatic heterocycles. The van der Waals surface area contributed by atoms with E-state index in [2.05, 4.69) is 25.8 Å². The van der Waals surface area contributed by atoms with E-state index in [0.29, 0.717) is 24.1 Å². The lowest BCUT2D eigenvalue weighted by Crippen LogP contribution is -2.53. The van der Waals surface area contributed by atoms with Gasteiger partial charge in [-0.15, -0.1) is 0 Å². The summed E-state index contributed by atoms with van der Waals surface area (Å²) in [7, 11) is 0. The second-order valence-electron chi connectivity index (χ2n) is 9.36. The molecule has 0 bridgehead atoms. The van der Waals surface area contributed by atoms with Gasteiger partial charge in [0.2, 0.25) is 5.95 Å². The molecule has 3 fully saturated rings. The summed E-state index contributed by atoms with van der Waals surface area (Å²) in [5, 5.41) is 0. The first-order valence-electron chi connectivity index (χ1n) is 11.6. The Bertz CT molecular complexity index is 792. The van der Waals surface area contributed by atoms with E-state index in [1.54, 1.807) is 5.57 Å². The van der Waals surface area contributed by atoms with Crippen molar-refractivity contribution in [3.63, 3.8) is 0 Å². The average molecular weight is 412 g/mol. The minimum atomic E-state index is -0.133. The molecule has 0 radical (unpaired) electrons. The molecule has 1 aromatic heterocycles. The van der Waals surface area contributed by atoms with E-state index in [1.165, 1.54) is 25.7 Å². The van der Waals surface area contributed by atoms with Crippen LogP contribution in [-0.4, -0.2) is 77.3 Å². The number of nitrogens with zero attached hydrogens (tertiary/aromatic N) is 5. The highest BCUT2D eigenvalue weighted by molar-refractivity contribution is 5.68. The highest BCUT2D eigenvalue weighted by Gasteiger charge is 2.51. The van der Waals surface area contributed by atoms with Crippen molar-refractivity contribution in [1.82, 2.24) is 19.8 Å². The van der Waals surface area contributed by atoms with E-state index in [9.17, 15) is 4.79 Å². The normalized spacial score (nSPS) is 31.7. The molecule has 1 aromatic rings. The van der Waals surface area contributed by atoms with Gasteiger partial charge in [-0.3, -0.25) is 4.90 Å². The van der Waals surface area contributed by atoms with Crippen LogP contribution in [0.25, 0.3) is 0 Å². The second-order valence-corrected chi connectivity index (χ2v) is 9.36. The van der Waals surface area contributed by atoms with Gasteiger partial charge in [0.1, 0.15) is 0 Å². The fourth-order valence-corrected chi connectivity index (χ4v) is 6.00. The first-order valence-corrected chi connectivity index (χ1v) is 11.6. The molecule has 30 heavy (non-hydrogen) atoms. The molecule has 0 N–H and O–H groups in total. The van der Waals surface area contributed by atoms with Crippen molar-refractivity contribution in [3.8, 4) is 0 Å². The van der Waals surface area contributed by atoms with E-state index in [-0.39, 0.29) is 6.09 Å². The van der Waals surface area contributed by atoms with Gasteiger partial charge in [0, 0.05) is 51.2 Å². The maximum atomic E-state index is 12.0. The van der Waals surface area contributed by atoms with E-state index >= 15 is 0 Å². The number of aromatic nitrogens is 2. The highest BCUT2D eigenvalue weighted by Crippen LogP contribution is 2.50. The van der Waals surface area contributed by atoms with Crippen molar-refractivity contribution in [1.29, 1.82) is 0 Å². The van der Waals surface area contributed by atoms with Crippen LogP contribution < -0.4 is 4.90 Å². The molecule has 1 spiro atoms. The number of carbonyl (C=O) groups is 1. The van der Waals surface area contributed by atoms with Gasteiger partial charge in [-0.25, -0.2) is 14.8 Å². The zero-order valence-corrected chi connectivity index (χ0v) is 18.0. The number of amides is 1. The van der Waals surface area contributed by atoms with Gasteiger partial charge >= 0.3 is 6.09 Å². The molecule has 5 rings (SSSR count). The predicted molar refractivity (Wildman–Crippen MR) is 115 cm³/mol. The van der Waals surface area contributed by atoms with Crippen LogP contribution >= 0.6 is 0 Å². The molecule has 7 heteroatoms. The highest BCUT2D eigenvalue weighted by atomic mass is 16.6. The topological polar surface area (TPSA) is 61.8 Å². The van der Waals surface area contributed by atoms with Crippen LogP contribution in [0.15, 0.2) is 30.1 Å². The van der Waals surface area contributed by atoms with E-state index < -0.39 is 0 Å². The van der Waals surface area contributed by atoms with Gasteiger partial charge in [0.15, 0.2) is 0 Å². The fourth-order valence-electron chi connectivity index (χ4n) is 6.00. The Morgan fingerprint density at radius 2 is 2.07 bits per heavy atom. The number of rotatable bonds is 4. The molecule has 4 heterocycles. The summed E-state index contributed by atoms with van der Waals surface area (Å²) >= 11 is 0. The Morgan fingerprint density at radius 3 is 2.80 bits per heavy atom. The van der Waals surface area contributed by atoms with Gasteiger partial charge in [0.05, 0.1) is 12.6 Å². The molecule has 2 saturated heterocycles. The lowest BCUT2D eigenvalue weighted by Gasteiger charge is -2.51. The molecule has 0 unspecified atom stereocenters. The number of ether oxygens (including phenoxy) is 1. The zero-order chi connectivity index (χ0) is 20.6. The summed E-state index contributed by atoms with van der Waals surface area (Å²) in [4.78, 5) is 27.9. The number of anilines is 1. The van der Waals surface area contributed by atoms with Crippen LogP contribution in [0.2, 0.25) is 0 Å². The third-order valence-electron chi connectivity index (χ3n) is 7.58. The van der Waals surface area contributed by atoms with Crippen molar-refractivity contribution in [2.24, 2.45) is 5.41 Å². The molecule has 7 nitrogen and oxygen atoms in total. The first-order chi connectivity index (χ1) is 14.7. The van der Waals surface area contributed by atoms with Crippen LogP contribution in [0.1, 0.15) is 45.4 Å². The summed E-state index contributed by atoms with van der Waals surface area (Å²) in [6.07, 6.45) is 13.2. The largest absolute Gasteiger partial charge is 0.450 e. The van der Waals surface area contributed by atoms with Crippen molar-refractivity contribution in [2.75, 3.05) is 44.2 Å². The number of likely N-dealkylation sites (tertiary alicyclic amines) is 1. The Morgan fingerprint density at radius 1 is 1.23 bits per heavy atom.